The van der Waals surface area contributed by atoms with Gasteiger partial charge in [0.05, 0.1) is 5.56 Å². The number of amides is 1. The summed E-state index contributed by atoms with van der Waals surface area (Å²) >= 11 is 0. The topological polar surface area (TPSA) is 46.3 Å². The number of halogens is 4. The lowest BCUT2D eigenvalue weighted by molar-refractivity contribution is -0.137. The van der Waals surface area contributed by atoms with Crippen molar-refractivity contribution in [1.82, 2.24) is 4.90 Å². The molecule has 0 bridgehead atoms. The molecule has 0 aliphatic carbocycles. The van der Waals surface area contributed by atoms with Gasteiger partial charge in [-0.05, 0) is 31.0 Å². The molecule has 0 aromatic heterocycles. The third-order valence-electron chi connectivity index (χ3n) is 3.22. The van der Waals surface area contributed by atoms with Crippen LogP contribution in [0.1, 0.15) is 28.8 Å². The maximum atomic E-state index is 13.3. The molecule has 1 aromatic rings. The van der Waals surface area contributed by atoms with Crippen molar-refractivity contribution in [3.63, 3.8) is 0 Å². The Morgan fingerprint density at radius 1 is 1.30 bits per heavy atom. The molecule has 2 N–H and O–H groups in total. The highest BCUT2D eigenvalue weighted by molar-refractivity contribution is 5.94. The van der Waals surface area contributed by atoms with Gasteiger partial charge in [-0.25, -0.2) is 4.39 Å². The zero-order valence-corrected chi connectivity index (χ0v) is 10.6. The van der Waals surface area contributed by atoms with Crippen molar-refractivity contribution in [2.75, 3.05) is 13.1 Å². The van der Waals surface area contributed by atoms with Gasteiger partial charge in [0.25, 0.3) is 5.91 Å². The summed E-state index contributed by atoms with van der Waals surface area (Å²) in [5.74, 6) is -1.70. The number of hydrogen-bond acceptors (Lipinski definition) is 2. The summed E-state index contributed by atoms with van der Waals surface area (Å²) in [6.45, 7) is 0.696. The molecule has 1 saturated heterocycles. The van der Waals surface area contributed by atoms with Crippen LogP contribution in [0, 0.1) is 5.82 Å². The number of alkyl halides is 3. The molecular formula is C13H14F4N2O. The fourth-order valence-electron chi connectivity index (χ4n) is 2.25. The smallest absolute Gasteiger partial charge is 0.337 e. The van der Waals surface area contributed by atoms with Crippen molar-refractivity contribution in [1.29, 1.82) is 0 Å². The largest absolute Gasteiger partial charge is 0.416 e. The van der Waals surface area contributed by atoms with E-state index in [0.29, 0.717) is 25.1 Å². The van der Waals surface area contributed by atoms with Gasteiger partial charge in [0.2, 0.25) is 0 Å². The molecule has 1 atom stereocenters. The SMILES string of the molecule is NC1CCCN(C(=O)c2cc(F)cc(C(F)(F)F)c2)C1. The van der Waals surface area contributed by atoms with Crippen LogP contribution in [0.25, 0.3) is 0 Å². The van der Waals surface area contributed by atoms with Gasteiger partial charge in [0, 0.05) is 24.7 Å². The fourth-order valence-corrected chi connectivity index (χ4v) is 2.25. The minimum atomic E-state index is -4.69. The molecule has 1 aromatic carbocycles. The van der Waals surface area contributed by atoms with Crippen LogP contribution in [0.5, 0.6) is 0 Å². The molecule has 1 aliphatic heterocycles. The van der Waals surface area contributed by atoms with E-state index < -0.39 is 23.5 Å². The molecule has 2 rings (SSSR count). The van der Waals surface area contributed by atoms with E-state index in [0.717, 1.165) is 12.5 Å². The second-order valence-electron chi connectivity index (χ2n) is 4.88. The zero-order chi connectivity index (χ0) is 14.9. The Kier molecular flexibility index (Phi) is 3.99. The highest BCUT2D eigenvalue weighted by Gasteiger charge is 2.32. The van der Waals surface area contributed by atoms with Crippen LogP contribution >= 0.6 is 0 Å². The molecule has 7 heteroatoms. The van der Waals surface area contributed by atoms with Crippen molar-refractivity contribution >= 4 is 5.91 Å². The molecule has 3 nitrogen and oxygen atoms in total. The standard InChI is InChI=1S/C13H14F4N2O/c14-10-5-8(4-9(6-10)13(15,16)17)12(20)19-3-1-2-11(18)7-19/h4-6,11H,1-3,7,18H2. The van der Waals surface area contributed by atoms with Gasteiger partial charge in [-0.1, -0.05) is 0 Å². The predicted octanol–water partition coefficient (Wildman–Crippen LogP) is 2.41. The van der Waals surface area contributed by atoms with Crippen molar-refractivity contribution in [2.24, 2.45) is 5.73 Å². The van der Waals surface area contributed by atoms with Crippen molar-refractivity contribution in [3.05, 3.63) is 35.1 Å². The number of likely N-dealkylation sites (tertiary alicyclic amines) is 1. The van der Waals surface area contributed by atoms with E-state index in [2.05, 4.69) is 0 Å². The first-order chi connectivity index (χ1) is 9.27. The number of carbonyl (C=O) groups is 1. The summed E-state index contributed by atoms with van der Waals surface area (Å²) < 4.78 is 51.1. The van der Waals surface area contributed by atoms with E-state index in [1.54, 1.807) is 0 Å². The van der Waals surface area contributed by atoms with E-state index >= 15 is 0 Å². The number of nitrogens with zero attached hydrogens (tertiary/aromatic N) is 1. The lowest BCUT2D eigenvalue weighted by atomic mass is 10.0. The molecule has 20 heavy (non-hydrogen) atoms. The number of nitrogens with two attached hydrogens (primary N) is 1. The Morgan fingerprint density at radius 3 is 2.60 bits per heavy atom. The first-order valence-electron chi connectivity index (χ1n) is 6.20. The quantitative estimate of drug-likeness (QED) is 0.807. The van der Waals surface area contributed by atoms with Crippen molar-refractivity contribution in [3.8, 4) is 0 Å². The third-order valence-corrected chi connectivity index (χ3v) is 3.22. The third kappa shape index (κ3) is 3.27. The summed E-state index contributed by atoms with van der Waals surface area (Å²) in [6.07, 6.45) is -3.23. The Labute approximate surface area is 113 Å². The second-order valence-corrected chi connectivity index (χ2v) is 4.88. The highest BCUT2D eigenvalue weighted by Crippen LogP contribution is 2.30. The summed E-state index contributed by atoms with van der Waals surface area (Å²) in [4.78, 5) is 13.5. The van der Waals surface area contributed by atoms with E-state index in [9.17, 15) is 22.4 Å². The van der Waals surface area contributed by atoms with E-state index in [-0.39, 0.29) is 18.2 Å². The van der Waals surface area contributed by atoms with Crippen LogP contribution in [0.15, 0.2) is 18.2 Å². The Hall–Kier alpha value is -1.63. The second kappa shape index (κ2) is 5.40. The van der Waals surface area contributed by atoms with Crippen molar-refractivity contribution in [2.45, 2.75) is 25.1 Å². The van der Waals surface area contributed by atoms with Gasteiger partial charge in [0.15, 0.2) is 0 Å². The van der Waals surface area contributed by atoms with Gasteiger partial charge in [-0.3, -0.25) is 4.79 Å². The lowest BCUT2D eigenvalue weighted by Crippen LogP contribution is -2.45. The normalized spacial score (nSPS) is 20.1. The van der Waals surface area contributed by atoms with Crippen LogP contribution < -0.4 is 5.73 Å². The molecule has 1 unspecified atom stereocenters. The number of piperidine rings is 1. The Morgan fingerprint density at radius 2 is 2.00 bits per heavy atom. The minimum Gasteiger partial charge on any atom is -0.337 e. The molecule has 1 heterocycles. The number of rotatable bonds is 1. The number of hydrogen-bond donors (Lipinski definition) is 1. The van der Waals surface area contributed by atoms with Crippen LogP contribution in [-0.4, -0.2) is 29.9 Å². The Balaban J connectivity index is 2.28. The number of benzene rings is 1. The zero-order valence-electron chi connectivity index (χ0n) is 10.6. The summed E-state index contributed by atoms with van der Waals surface area (Å²) in [7, 11) is 0. The summed E-state index contributed by atoms with van der Waals surface area (Å²) in [5.41, 5.74) is 4.26. The van der Waals surface area contributed by atoms with E-state index in [1.807, 2.05) is 0 Å². The van der Waals surface area contributed by atoms with Crippen LogP contribution in [0.3, 0.4) is 0 Å². The number of carbonyl (C=O) groups excluding carboxylic acids is 1. The van der Waals surface area contributed by atoms with E-state index in [1.165, 1.54) is 4.90 Å². The monoisotopic (exact) mass is 290 g/mol. The van der Waals surface area contributed by atoms with Gasteiger partial charge in [0.1, 0.15) is 5.82 Å². The summed E-state index contributed by atoms with van der Waals surface area (Å²) in [5, 5.41) is 0. The van der Waals surface area contributed by atoms with Crippen LogP contribution in [-0.2, 0) is 6.18 Å². The fraction of sp³-hybridized carbons (Fsp3) is 0.462. The van der Waals surface area contributed by atoms with Gasteiger partial charge in [-0.15, -0.1) is 0 Å². The molecule has 110 valence electrons. The van der Waals surface area contributed by atoms with E-state index in [4.69, 9.17) is 5.73 Å². The first kappa shape index (κ1) is 14.8. The predicted molar refractivity (Wildman–Crippen MR) is 64.5 cm³/mol. The van der Waals surface area contributed by atoms with Crippen LogP contribution in [0.4, 0.5) is 17.6 Å². The first-order valence-corrected chi connectivity index (χ1v) is 6.20. The highest BCUT2D eigenvalue weighted by atomic mass is 19.4. The van der Waals surface area contributed by atoms with Crippen molar-refractivity contribution < 1.29 is 22.4 Å². The average Bonchev–Trinajstić information content (AvgIpc) is 2.36. The molecule has 1 fully saturated rings. The Bertz CT molecular complexity index is 516. The van der Waals surface area contributed by atoms with Gasteiger partial charge < -0.3 is 10.6 Å². The molecule has 0 saturated carbocycles. The minimum absolute atomic E-state index is 0.191. The molecular weight excluding hydrogens is 276 g/mol. The average molecular weight is 290 g/mol. The molecule has 1 amide bonds. The van der Waals surface area contributed by atoms with Gasteiger partial charge in [-0.2, -0.15) is 13.2 Å². The molecule has 0 radical (unpaired) electrons. The van der Waals surface area contributed by atoms with Crippen LogP contribution in [0.2, 0.25) is 0 Å². The maximum Gasteiger partial charge on any atom is 0.416 e. The van der Waals surface area contributed by atoms with Gasteiger partial charge >= 0.3 is 6.18 Å². The molecule has 1 aliphatic rings. The lowest BCUT2D eigenvalue weighted by Gasteiger charge is -2.31. The molecule has 0 spiro atoms. The maximum absolute atomic E-state index is 13.3. The summed E-state index contributed by atoms with van der Waals surface area (Å²) in [6, 6.07) is 1.67.